The van der Waals surface area contributed by atoms with Crippen molar-refractivity contribution in [1.29, 1.82) is 0 Å². The Morgan fingerprint density at radius 2 is 1.92 bits per heavy atom. The summed E-state index contributed by atoms with van der Waals surface area (Å²) < 4.78 is 15.0. The first-order valence-electron chi connectivity index (χ1n) is 10.2. The van der Waals surface area contributed by atoms with Crippen molar-refractivity contribution in [3.63, 3.8) is 0 Å². The van der Waals surface area contributed by atoms with E-state index < -0.39 is 11.2 Å². The first-order chi connectivity index (χ1) is 12.3. The molecule has 0 radical (unpaired) electrons. The van der Waals surface area contributed by atoms with Gasteiger partial charge in [-0.1, -0.05) is 6.92 Å². The Balaban J connectivity index is 1.84. The number of rotatable bonds is 4. The highest BCUT2D eigenvalue weighted by molar-refractivity contribution is 6.01. The van der Waals surface area contributed by atoms with E-state index in [2.05, 4.69) is 6.92 Å². The maximum absolute atomic E-state index is 15.0. The molecule has 5 nitrogen and oxygen atoms in total. The number of hydrogen-bond donors (Lipinski definition) is 0. The second-order valence-corrected chi connectivity index (χ2v) is 8.54. The number of carbonyl (C=O) groups excluding carboxylic acids is 2. The summed E-state index contributed by atoms with van der Waals surface area (Å²) in [6.45, 7) is 7.04. The lowest BCUT2D eigenvalue weighted by Gasteiger charge is -2.46. The lowest BCUT2D eigenvalue weighted by Crippen LogP contribution is -2.59. The molecule has 1 unspecified atom stereocenters. The Morgan fingerprint density at radius 1 is 1.23 bits per heavy atom. The number of likely N-dealkylation sites (tertiary alicyclic amines) is 1. The van der Waals surface area contributed by atoms with Crippen molar-refractivity contribution in [3.05, 3.63) is 0 Å². The zero-order chi connectivity index (χ0) is 18.9. The Bertz CT molecular complexity index is 598. The van der Waals surface area contributed by atoms with E-state index in [0.29, 0.717) is 32.4 Å². The highest BCUT2D eigenvalue weighted by Gasteiger charge is 2.49. The molecule has 0 aromatic carbocycles. The molecule has 0 bridgehead atoms. The third-order valence-corrected chi connectivity index (χ3v) is 6.01. The van der Waals surface area contributed by atoms with Crippen LogP contribution in [0.15, 0.2) is 4.99 Å². The van der Waals surface area contributed by atoms with Crippen molar-refractivity contribution in [2.75, 3.05) is 13.1 Å². The molecule has 0 N–H and O–H groups in total. The van der Waals surface area contributed by atoms with Gasteiger partial charge in [-0.25, -0.2) is 4.39 Å². The van der Waals surface area contributed by atoms with E-state index in [0.717, 1.165) is 44.4 Å². The van der Waals surface area contributed by atoms with Gasteiger partial charge in [-0.3, -0.25) is 19.5 Å². The summed E-state index contributed by atoms with van der Waals surface area (Å²) >= 11 is 0. The van der Waals surface area contributed by atoms with Crippen molar-refractivity contribution >= 4 is 17.6 Å². The molecule has 6 heteroatoms. The zero-order valence-electron chi connectivity index (χ0n) is 16.4. The largest absolute Gasteiger partial charge is 0.337 e. The van der Waals surface area contributed by atoms with Crippen LogP contribution in [0.2, 0.25) is 0 Å². The van der Waals surface area contributed by atoms with E-state index in [1.807, 2.05) is 18.7 Å². The van der Waals surface area contributed by atoms with Gasteiger partial charge in [0.25, 0.3) is 5.91 Å². The van der Waals surface area contributed by atoms with Crippen LogP contribution in [0.5, 0.6) is 0 Å². The number of aliphatic imine (C=N–C) groups is 1. The molecule has 2 aliphatic heterocycles. The van der Waals surface area contributed by atoms with Crippen LogP contribution in [-0.4, -0.2) is 57.8 Å². The molecule has 146 valence electrons. The minimum absolute atomic E-state index is 0.0825. The van der Waals surface area contributed by atoms with Gasteiger partial charge < -0.3 is 4.90 Å². The van der Waals surface area contributed by atoms with Crippen LogP contribution in [0.1, 0.15) is 78.6 Å². The molecule has 1 spiro atoms. The molecular weight excluding hydrogens is 333 g/mol. The molecule has 3 aliphatic rings. The molecule has 0 aromatic rings. The van der Waals surface area contributed by atoms with Crippen LogP contribution >= 0.6 is 0 Å². The van der Waals surface area contributed by atoms with Crippen LogP contribution in [-0.2, 0) is 9.59 Å². The van der Waals surface area contributed by atoms with Crippen molar-refractivity contribution in [2.24, 2.45) is 4.99 Å². The lowest BCUT2D eigenvalue weighted by molar-refractivity contribution is -0.147. The second-order valence-electron chi connectivity index (χ2n) is 8.54. The number of halogens is 1. The fraction of sp³-hybridized carbons (Fsp3) is 0.850. The van der Waals surface area contributed by atoms with E-state index >= 15 is 0 Å². The summed E-state index contributed by atoms with van der Waals surface area (Å²) in [4.78, 5) is 34.1. The molecule has 2 heterocycles. The van der Waals surface area contributed by atoms with Gasteiger partial charge in [0.05, 0.1) is 12.0 Å². The third kappa shape index (κ3) is 3.52. The van der Waals surface area contributed by atoms with Gasteiger partial charge in [-0.05, 0) is 58.8 Å². The lowest BCUT2D eigenvalue weighted by atomic mass is 9.83. The summed E-state index contributed by atoms with van der Waals surface area (Å²) in [6.07, 6.45) is 5.79. The Morgan fingerprint density at radius 3 is 2.54 bits per heavy atom. The summed E-state index contributed by atoms with van der Waals surface area (Å²) in [5.74, 6) is 0.549. The molecule has 0 aromatic heterocycles. The third-order valence-electron chi connectivity index (χ3n) is 6.01. The molecule has 1 aliphatic carbocycles. The van der Waals surface area contributed by atoms with E-state index in [4.69, 9.17) is 4.99 Å². The molecular formula is C20H32FN3O2. The first-order valence-corrected chi connectivity index (χ1v) is 10.2. The number of hydrogen-bond acceptors (Lipinski definition) is 3. The molecule has 2 fully saturated rings. The maximum Gasteiger partial charge on any atom is 0.260 e. The quantitative estimate of drug-likeness (QED) is 0.766. The smallest absolute Gasteiger partial charge is 0.260 e. The van der Waals surface area contributed by atoms with Crippen LogP contribution in [0.25, 0.3) is 0 Å². The second kappa shape index (κ2) is 7.28. The average molecular weight is 365 g/mol. The number of piperidine rings is 1. The van der Waals surface area contributed by atoms with Gasteiger partial charge in [-0.15, -0.1) is 0 Å². The fourth-order valence-corrected chi connectivity index (χ4v) is 4.82. The number of alkyl halides is 1. The van der Waals surface area contributed by atoms with Crippen molar-refractivity contribution in [2.45, 2.75) is 95.8 Å². The van der Waals surface area contributed by atoms with Gasteiger partial charge in [-0.2, -0.15) is 0 Å². The van der Waals surface area contributed by atoms with Crippen molar-refractivity contribution in [1.82, 2.24) is 9.80 Å². The Labute approximate surface area is 156 Å². The summed E-state index contributed by atoms with van der Waals surface area (Å²) in [5, 5.41) is 0. The minimum Gasteiger partial charge on any atom is -0.337 e. The van der Waals surface area contributed by atoms with Gasteiger partial charge >= 0.3 is 0 Å². The molecule has 2 amide bonds. The maximum atomic E-state index is 15.0. The standard InChI is InChI=1S/C20H32FN3O2/c1-4-8-16-22-19(13-17(25)24(16)15(2)3)9-7-12-23(14-19)18(26)20(21)10-5-6-11-20/h15H,4-14H2,1-3H3. The van der Waals surface area contributed by atoms with E-state index in [9.17, 15) is 14.0 Å². The van der Waals surface area contributed by atoms with Gasteiger partial charge in [0.2, 0.25) is 5.91 Å². The summed E-state index contributed by atoms with van der Waals surface area (Å²) in [6, 6.07) is 0.0825. The summed E-state index contributed by atoms with van der Waals surface area (Å²) in [5.41, 5.74) is -2.26. The molecule has 1 saturated carbocycles. The Kier molecular flexibility index (Phi) is 5.40. The monoisotopic (exact) mass is 365 g/mol. The van der Waals surface area contributed by atoms with Gasteiger partial charge in [0.15, 0.2) is 5.67 Å². The average Bonchev–Trinajstić information content (AvgIpc) is 3.01. The number of amides is 2. The van der Waals surface area contributed by atoms with E-state index in [1.54, 1.807) is 4.90 Å². The zero-order valence-corrected chi connectivity index (χ0v) is 16.4. The van der Waals surface area contributed by atoms with Gasteiger partial charge in [0.1, 0.15) is 5.84 Å². The predicted octanol–water partition coefficient (Wildman–Crippen LogP) is 3.47. The SMILES string of the molecule is CCCC1=NC2(CCCN(C(=O)C3(F)CCCC3)C2)CC(=O)N1C(C)C. The minimum atomic E-state index is -1.70. The van der Waals surface area contributed by atoms with Crippen molar-refractivity contribution in [3.8, 4) is 0 Å². The molecule has 1 saturated heterocycles. The molecule has 1 atom stereocenters. The van der Waals surface area contributed by atoms with Crippen LogP contribution in [0.3, 0.4) is 0 Å². The Hall–Kier alpha value is -1.46. The number of nitrogens with zero attached hydrogens (tertiary/aromatic N) is 3. The van der Waals surface area contributed by atoms with Gasteiger partial charge in [0, 0.05) is 25.6 Å². The number of carbonyl (C=O) groups is 2. The van der Waals surface area contributed by atoms with Crippen molar-refractivity contribution < 1.29 is 14.0 Å². The molecule has 26 heavy (non-hydrogen) atoms. The topological polar surface area (TPSA) is 53.0 Å². The van der Waals surface area contributed by atoms with Crippen LogP contribution in [0, 0.1) is 0 Å². The normalized spacial score (nSPS) is 28.8. The fourth-order valence-electron chi connectivity index (χ4n) is 4.82. The van der Waals surface area contributed by atoms with Crippen LogP contribution in [0.4, 0.5) is 4.39 Å². The van der Waals surface area contributed by atoms with E-state index in [-0.39, 0.29) is 17.9 Å². The predicted molar refractivity (Wildman–Crippen MR) is 99.8 cm³/mol. The molecule has 3 rings (SSSR count). The van der Waals surface area contributed by atoms with Crippen LogP contribution < -0.4 is 0 Å². The number of amidine groups is 1. The summed E-state index contributed by atoms with van der Waals surface area (Å²) in [7, 11) is 0. The highest BCUT2D eigenvalue weighted by atomic mass is 19.1. The first kappa shape index (κ1) is 19.3. The van der Waals surface area contributed by atoms with E-state index in [1.165, 1.54) is 0 Å². The highest BCUT2D eigenvalue weighted by Crippen LogP contribution is 2.39.